The number of benzene rings is 12. The first-order chi connectivity index (χ1) is 54.6. The van der Waals surface area contributed by atoms with E-state index in [0.29, 0.717) is 23.7 Å². The number of nitrogens with zero attached hydrogens (tertiary/aromatic N) is 2. The largest absolute Gasteiger partial charge is 0.310 e. The minimum atomic E-state index is -0.126. The molecule has 2 heterocycles. The second kappa shape index (κ2) is 24.5. The summed E-state index contributed by atoms with van der Waals surface area (Å²) in [6, 6.07) is 102. The van der Waals surface area contributed by atoms with Crippen LogP contribution in [0.4, 0.5) is 34.1 Å². The minimum absolute atomic E-state index is 0.0172. The fraction of sp³-hybridized carbons (Fsp3) is 0.339. The maximum atomic E-state index is 2.66. The van der Waals surface area contributed by atoms with Crippen LogP contribution in [-0.4, -0.2) is 0 Å². The molecule has 0 aromatic heterocycles. The summed E-state index contributed by atoms with van der Waals surface area (Å²) in [6.07, 6.45) is 15.6. The van der Waals surface area contributed by atoms with Crippen molar-refractivity contribution in [3.05, 3.63) is 310 Å². The summed E-state index contributed by atoms with van der Waals surface area (Å²) in [5, 5.41) is 0. The summed E-state index contributed by atoms with van der Waals surface area (Å²) in [5.74, 6) is 5.80. The van der Waals surface area contributed by atoms with Crippen LogP contribution in [0.25, 0.3) is 55.6 Å². The van der Waals surface area contributed by atoms with Gasteiger partial charge >= 0.3 is 0 Å². The number of hydrogen-bond donors (Lipinski definition) is 0. The molecule has 4 heteroatoms. The third kappa shape index (κ3) is 9.99. The monoisotopic (exact) mass is 1500 g/mol. The van der Waals surface area contributed by atoms with Gasteiger partial charge in [-0.3, -0.25) is 0 Å². The number of fused-ring (bicyclic) bond motifs is 9. The molecule has 13 aliphatic rings. The predicted molar refractivity (Wildman–Crippen MR) is 473 cm³/mol. The van der Waals surface area contributed by atoms with E-state index in [4.69, 9.17) is 0 Å². The van der Waals surface area contributed by atoms with Gasteiger partial charge in [-0.1, -0.05) is 263 Å². The van der Waals surface area contributed by atoms with Crippen molar-refractivity contribution in [1.82, 2.24) is 0 Å². The average Bonchev–Trinajstić information content (AvgIpc) is 1.54. The van der Waals surface area contributed by atoms with Crippen molar-refractivity contribution in [1.29, 1.82) is 0 Å². The zero-order valence-corrected chi connectivity index (χ0v) is 69.2. The maximum Gasteiger partial charge on any atom is 0.0514 e. The van der Waals surface area contributed by atoms with Crippen molar-refractivity contribution in [2.75, 3.05) is 9.80 Å². The second-order valence-corrected chi connectivity index (χ2v) is 42.1. The van der Waals surface area contributed by atoms with Crippen LogP contribution in [-0.2, 0) is 37.9 Å². The third-order valence-electron chi connectivity index (χ3n) is 32.1. The van der Waals surface area contributed by atoms with Gasteiger partial charge in [0.1, 0.15) is 0 Å². The van der Waals surface area contributed by atoms with Crippen LogP contribution in [0.15, 0.2) is 274 Å². The third-order valence-corrected chi connectivity index (χ3v) is 34.4. The fourth-order valence-corrected chi connectivity index (χ4v) is 29.3. The molecule has 10 unspecified atom stereocenters. The molecule has 2 spiro atoms. The Hall–Kier alpha value is -9.06. The molecule has 10 atom stereocenters. The van der Waals surface area contributed by atoms with Crippen LogP contribution in [0.3, 0.4) is 0 Å². The van der Waals surface area contributed by atoms with E-state index in [2.05, 4.69) is 346 Å². The van der Waals surface area contributed by atoms with Crippen LogP contribution in [0.5, 0.6) is 0 Å². The van der Waals surface area contributed by atoms with Crippen LogP contribution < -0.4 is 9.80 Å². The number of rotatable bonds is 10. The van der Waals surface area contributed by atoms with Crippen LogP contribution in [0, 0.1) is 47.3 Å². The molecule has 2 nitrogen and oxygen atoms in total. The molecule has 8 saturated carbocycles. The summed E-state index contributed by atoms with van der Waals surface area (Å²) in [6.45, 7) is 24.5. The minimum Gasteiger partial charge on any atom is -0.310 e. The van der Waals surface area contributed by atoms with E-state index in [-0.39, 0.29) is 37.9 Å². The Morgan fingerprint density at radius 2 is 0.690 bits per heavy atom. The lowest BCUT2D eigenvalue weighted by Crippen LogP contribution is -2.44. The lowest BCUT2D eigenvalue weighted by Gasteiger charge is -2.50. The lowest BCUT2D eigenvalue weighted by atomic mass is 9.56. The molecule has 0 saturated heterocycles. The Kier molecular flexibility index (Phi) is 15.1. The summed E-state index contributed by atoms with van der Waals surface area (Å²) in [4.78, 5) is 11.1. The van der Waals surface area contributed by atoms with Crippen LogP contribution in [0.1, 0.15) is 202 Å². The van der Waals surface area contributed by atoms with E-state index in [9.17, 15) is 0 Å². The van der Waals surface area contributed by atoms with Crippen molar-refractivity contribution in [3.63, 3.8) is 0 Å². The topological polar surface area (TPSA) is 6.48 Å². The van der Waals surface area contributed by atoms with Gasteiger partial charge in [0.25, 0.3) is 0 Å². The van der Waals surface area contributed by atoms with Crippen LogP contribution in [0.2, 0.25) is 0 Å². The molecule has 12 aromatic rings. The Morgan fingerprint density at radius 1 is 0.274 bits per heavy atom. The summed E-state index contributed by atoms with van der Waals surface area (Å²) in [7, 11) is 0. The van der Waals surface area contributed by atoms with Crippen molar-refractivity contribution in [3.8, 4) is 55.6 Å². The van der Waals surface area contributed by atoms with E-state index in [0.717, 1.165) is 23.7 Å². The van der Waals surface area contributed by atoms with E-state index in [1.807, 2.05) is 11.8 Å². The van der Waals surface area contributed by atoms with Crippen molar-refractivity contribution >= 4 is 57.6 Å². The molecule has 0 N–H and O–H groups in total. The zero-order valence-electron chi connectivity index (χ0n) is 67.6. The highest BCUT2D eigenvalue weighted by molar-refractivity contribution is 8.00. The molecular formula is C109H104N2S2. The van der Waals surface area contributed by atoms with Gasteiger partial charge in [-0.15, -0.1) is 0 Å². The Bertz CT molecular complexity index is 5940. The molecule has 25 rings (SSSR count). The highest BCUT2D eigenvalue weighted by atomic mass is 32.2. The van der Waals surface area contributed by atoms with E-state index in [1.54, 1.807) is 22.3 Å². The standard InChI is InChI=1S/C109H104N2S2/c1-103(2)50-52-105(5,6)94-62-72(36-48-87(94)103)69-32-39-79(40-33-69)111(96-22-17-25-99-101(96)109(89-20-13-15-23-97(89)112-99)76-57-66-55-74(61-76)92(109)59-66)78-37-30-68(31-38-78)67-26-28-71(29-27-67)83-47-46-82(100-102(83)113-98-24-16-14-21-90(98)108(100)75-56-65-54-73(60-75)91(108)58-65)70-34-41-77(42-35-70)110(81-44-49-88-95(64-81)106(7,8)53-51-104(88,3)4)80-43-45-85-84-18-11-12-19-86(84)107(9,10)93(85)63-80/h11-49,62-66,73-76,91-92H,50-61H2,1-10H3. The maximum absolute atomic E-state index is 2.66. The average molecular weight is 1510 g/mol. The van der Waals surface area contributed by atoms with Gasteiger partial charge in [0.15, 0.2) is 0 Å². The zero-order chi connectivity index (χ0) is 76.2. The van der Waals surface area contributed by atoms with Gasteiger partial charge in [0.05, 0.1) is 5.69 Å². The lowest BCUT2D eigenvalue weighted by molar-refractivity contribution is 0.181. The Labute approximate surface area is 679 Å². The molecule has 12 aromatic carbocycles. The van der Waals surface area contributed by atoms with Gasteiger partial charge in [-0.25, -0.2) is 0 Å². The highest BCUT2D eigenvalue weighted by Gasteiger charge is 2.68. The van der Waals surface area contributed by atoms with Gasteiger partial charge in [-0.2, -0.15) is 0 Å². The Balaban J connectivity index is 0.629. The van der Waals surface area contributed by atoms with Crippen molar-refractivity contribution in [2.45, 2.75) is 204 Å². The van der Waals surface area contributed by atoms with Gasteiger partial charge in [0, 0.05) is 69.8 Å². The van der Waals surface area contributed by atoms with Crippen molar-refractivity contribution in [2.24, 2.45) is 47.3 Å². The smallest absolute Gasteiger partial charge is 0.0514 e. The first-order valence-electron chi connectivity index (χ1n) is 43.1. The molecule has 8 fully saturated rings. The molecule has 562 valence electrons. The first kappa shape index (κ1) is 69.4. The molecule has 113 heavy (non-hydrogen) atoms. The summed E-state index contributed by atoms with van der Waals surface area (Å²) >= 11 is 4.07. The Morgan fingerprint density at radius 3 is 1.29 bits per heavy atom. The summed E-state index contributed by atoms with van der Waals surface area (Å²) < 4.78 is 0. The van der Waals surface area contributed by atoms with E-state index < -0.39 is 0 Å². The number of anilines is 6. The van der Waals surface area contributed by atoms with Crippen LogP contribution >= 0.6 is 23.5 Å². The van der Waals surface area contributed by atoms with Gasteiger partial charge < -0.3 is 9.80 Å². The molecule has 2 aliphatic heterocycles. The van der Waals surface area contributed by atoms with Gasteiger partial charge in [-0.05, 0) is 337 Å². The number of hydrogen-bond acceptors (Lipinski definition) is 4. The predicted octanol–water partition coefficient (Wildman–Crippen LogP) is 29.9. The second-order valence-electron chi connectivity index (χ2n) is 40.0. The normalized spacial score (nSPS) is 26.6. The molecule has 8 bridgehead atoms. The van der Waals surface area contributed by atoms with E-state index >= 15 is 0 Å². The molecule has 0 amide bonds. The quantitative estimate of drug-likeness (QED) is 0.135. The fourth-order valence-electron chi connectivity index (χ4n) is 26.7. The molecular weight excluding hydrogens is 1400 g/mol. The van der Waals surface area contributed by atoms with Gasteiger partial charge in [0.2, 0.25) is 0 Å². The summed E-state index contributed by atoms with van der Waals surface area (Å²) in [5.41, 5.74) is 36.0. The van der Waals surface area contributed by atoms with E-state index in [1.165, 1.54) is 220 Å². The van der Waals surface area contributed by atoms with Crippen molar-refractivity contribution < 1.29 is 0 Å². The molecule has 0 radical (unpaired) electrons. The first-order valence-corrected chi connectivity index (χ1v) is 44.7. The molecule has 11 aliphatic carbocycles. The highest BCUT2D eigenvalue weighted by Crippen LogP contribution is 2.76. The SMILES string of the molecule is CC1(C)CCC(C)(C)c2cc(-c3ccc(N(c4ccc(-c5ccc(-c6ccc(-c7ccc(N(c8ccc9c(c8)C(C)(C)CCC9(C)C)c8ccc9c(c8)C(C)(C)c8ccccc8-9)cc7)c7c6Sc6ccccc6C76C7CC8CC(C7)C6C8)cc5)cc4)c4cccc5c4C4(c6ccccc6S5)C5CC6CC(C5)C4C6)cc3)ccc21.